The Morgan fingerprint density at radius 1 is 0.902 bits per heavy atom. The van der Waals surface area contributed by atoms with Gasteiger partial charge >= 0.3 is 18.3 Å². The minimum absolute atomic E-state index is 0.0302. The number of ether oxygens (including phenoxy) is 1. The lowest BCUT2D eigenvalue weighted by molar-refractivity contribution is -0.138. The van der Waals surface area contributed by atoms with E-state index in [1.807, 2.05) is 0 Å². The highest BCUT2D eigenvalue weighted by molar-refractivity contribution is 5.94. The highest BCUT2D eigenvalue weighted by Crippen LogP contribution is 2.36. The molecule has 0 aromatic heterocycles. The molecular formula is C30H29F6NO4. The van der Waals surface area contributed by atoms with Crippen molar-refractivity contribution in [1.82, 2.24) is 5.32 Å². The third kappa shape index (κ3) is 9.26. The molecule has 3 aromatic rings. The molecule has 0 aliphatic carbocycles. The topological polar surface area (TPSA) is 75.6 Å². The second kappa shape index (κ2) is 13.1. The maximum Gasteiger partial charge on any atom is 0.416 e. The SMILES string of the molecule is Cc1cc(OC(CCCC(F)(F)F)c2ccc(C(=O)NCCC(=O)O)cc2)cc(C)c1-c1ccc(C(F)(F)F)cc1. The zero-order chi connectivity index (χ0) is 30.4. The number of carboxylic acids is 1. The van der Waals surface area contributed by atoms with Crippen molar-refractivity contribution in [3.8, 4) is 16.9 Å². The number of nitrogens with one attached hydrogen (secondary N) is 1. The molecule has 5 nitrogen and oxygen atoms in total. The van der Waals surface area contributed by atoms with E-state index in [1.165, 1.54) is 24.3 Å². The molecule has 0 spiro atoms. The van der Waals surface area contributed by atoms with Crippen LogP contribution in [0.3, 0.4) is 0 Å². The third-order valence-corrected chi connectivity index (χ3v) is 6.38. The summed E-state index contributed by atoms with van der Waals surface area (Å²) in [4.78, 5) is 22.9. The molecule has 11 heteroatoms. The first-order chi connectivity index (χ1) is 19.1. The van der Waals surface area contributed by atoms with Crippen molar-refractivity contribution < 1.29 is 45.8 Å². The highest BCUT2D eigenvalue weighted by Gasteiger charge is 2.30. The first-order valence-corrected chi connectivity index (χ1v) is 12.8. The van der Waals surface area contributed by atoms with Gasteiger partial charge in [0.25, 0.3) is 5.91 Å². The summed E-state index contributed by atoms with van der Waals surface area (Å²) in [5.41, 5.74) is 2.75. The number of carboxylic acid groups (broad SMARTS) is 1. The lowest BCUT2D eigenvalue weighted by Gasteiger charge is -2.22. The molecule has 0 bridgehead atoms. The van der Waals surface area contributed by atoms with Gasteiger partial charge < -0.3 is 15.2 Å². The summed E-state index contributed by atoms with van der Waals surface area (Å²) in [6.07, 6.45) is -11.0. The number of aliphatic carboxylic acids is 1. The molecule has 0 saturated heterocycles. The Morgan fingerprint density at radius 3 is 2.00 bits per heavy atom. The van der Waals surface area contributed by atoms with E-state index in [4.69, 9.17) is 9.84 Å². The van der Waals surface area contributed by atoms with Crippen molar-refractivity contribution in [2.75, 3.05) is 6.54 Å². The molecular weight excluding hydrogens is 552 g/mol. The number of benzene rings is 3. The Hall–Kier alpha value is -4.02. The number of amides is 1. The van der Waals surface area contributed by atoms with Crippen molar-refractivity contribution in [3.05, 3.63) is 88.5 Å². The van der Waals surface area contributed by atoms with Gasteiger partial charge in [0, 0.05) is 18.5 Å². The Morgan fingerprint density at radius 2 is 1.49 bits per heavy atom. The van der Waals surface area contributed by atoms with E-state index in [1.54, 1.807) is 38.1 Å². The molecule has 3 rings (SSSR count). The van der Waals surface area contributed by atoms with Gasteiger partial charge in [-0.2, -0.15) is 26.3 Å². The summed E-state index contributed by atoms with van der Waals surface area (Å²) in [6, 6.07) is 14.3. The molecule has 1 unspecified atom stereocenters. The van der Waals surface area contributed by atoms with Gasteiger partial charge in [0.15, 0.2) is 0 Å². The summed E-state index contributed by atoms with van der Waals surface area (Å²) < 4.78 is 83.6. The lowest BCUT2D eigenvalue weighted by Crippen LogP contribution is -2.26. The molecule has 3 aromatic carbocycles. The van der Waals surface area contributed by atoms with E-state index in [0.717, 1.165) is 17.7 Å². The number of rotatable bonds is 11. The molecule has 220 valence electrons. The van der Waals surface area contributed by atoms with Crippen LogP contribution in [-0.4, -0.2) is 29.7 Å². The van der Waals surface area contributed by atoms with E-state index in [0.29, 0.717) is 28.0 Å². The minimum Gasteiger partial charge on any atom is -0.486 e. The molecule has 0 saturated carbocycles. The average molecular weight is 582 g/mol. The molecule has 41 heavy (non-hydrogen) atoms. The maximum absolute atomic E-state index is 13.0. The quantitative estimate of drug-likeness (QED) is 0.225. The molecule has 0 heterocycles. The summed E-state index contributed by atoms with van der Waals surface area (Å²) in [7, 11) is 0. The molecule has 2 N–H and O–H groups in total. The van der Waals surface area contributed by atoms with Crippen LogP contribution in [0.15, 0.2) is 60.7 Å². The smallest absolute Gasteiger partial charge is 0.416 e. The van der Waals surface area contributed by atoms with Gasteiger partial charge in [-0.05, 0) is 90.9 Å². The predicted octanol–water partition coefficient (Wildman–Crippen LogP) is 8.05. The fourth-order valence-electron chi connectivity index (χ4n) is 4.45. The van der Waals surface area contributed by atoms with Gasteiger partial charge in [-0.15, -0.1) is 0 Å². The fourth-order valence-corrected chi connectivity index (χ4v) is 4.45. The van der Waals surface area contributed by atoms with Crippen LogP contribution in [0.5, 0.6) is 5.75 Å². The van der Waals surface area contributed by atoms with E-state index in [2.05, 4.69) is 5.32 Å². The Bertz CT molecular complexity index is 1330. The van der Waals surface area contributed by atoms with Crippen LogP contribution < -0.4 is 10.1 Å². The standard InChI is InChI=1S/C30H29F6NO4/c1-18-16-24(17-19(2)27(18)21-9-11-23(12-10-21)30(34,35)36)41-25(4-3-14-29(31,32)33)20-5-7-22(8-6-20)28(40)37-15-13-26(38)39/h5-12,16-17,25H,3-4,13-15H2,1-2H3,(H,37,40)(H,38,39). The maximum atomic E-state index is 13.0. The fraction of sp³-hybridized carbons (Fsp3) is 0.333. The van der Waals surface area contributed by atoms with Crippen molar-refractivity contribution in [2.24, 2.45) is 0 Å². The van der Waals surface area contributed by atoms with Crippen molar-refractivity contribution in [3.63, 3.8) is 0 Å². The number of alkyl halides is 6. The number of aryl methyl sites for hydroxylation is 2. The number of halogens is 6. The largest absolute Gasteiger partial charge is 0.486 e. The molecule has 1 amide bonds. The predicted molar refractivity (Wildman–Crippen MR) is 141 cm³/mol. The molecule has 0 aliphatic heterocycles. The lowest BCUT2D eigenvalue weighted by atomic mass is 9.94. The van der Waals surface area contributed by atoms with Gasteiger partial charge in [-0.3, -0.25) is 9.59 Å². The van der Waals surface area contributed by atoms with Crippen molar-refractivity contribution in [1.29, 1.82) is 0 Å². The van der Waals surface area contributed by atoms with Crippen LogP contribution >= 0.6 is 0 Å². The van der Waals surface area contributed by atoms with Crippen LogP contribution in [0.4, 0.5) is 26.3 Å². The molecule has 0 fully saturated rings. The summed E-state index contributed by atoms with van der Waals surface area (Å²) in [5, 5.41) is 11.2. The first-order valence-electron chi connectivity index (χ1n) is 12.8. The van der Waals surface area contributed by atoms with E-state index in [9.17, 15) is 35.9 Å². The minimum atomic E-state index is -4.45. The van der Waals surface area contributed by atoms with Gasteiger partial charge in [0.05, 0.1) is 12.0 Å². The van der Waals surface area contributed by atoms with Crippen molar-refractivity contribution >= 4 is 11.9 Å². The summed E-state index contributed by atoms with van der Waals surface area (Å²) >= 11 is 0. The van der Waals surface area contributed by atoms with E-state index < -0.39 is 42.3 Å². The van der Waals surface area contributed by atoms with Crippen LogP contribution in [0, 0.1) is 13.8 Å². The average Bonchev–Trinajstić information content (AvgIpc) is 2.86. The van der Waals surface area contributed by atoms with E-state index in [-0.39, 0.29) is 31.4 Å². The van der Waals surface area contributed by atoms with Gasteiger partial charge in [0.1, 0.15) is 11.9 Å². The highest BCUT2D eigenvalue weighted by atomic mass is 19.4. The zero-order valence-corrected chi connectivity index (χ0v) is 22.3. The number of carbonyl (C=O) groups is 2. The Kier molecular flexibility index (Phi) is 10.1. The van der Waals surface area contributed by atoms with Crippen LogP contribution in [0.25, 0.3) is 11.1 Å². The Balaban J connectivity index is 1.83. The third-order valence-electron chi connectivity index (χ3n) is 6.38. The van der Waals surface area contributed by atoms with Gasteiger partial charge in [-0.25, -0.2) is 0 Å². The van der Waals surface area contributed by atoms with Gasteiger partial charge in [0.2, 0.25) is 0 Å². The second-order valence-corrected chi connectivity index (χ2v) is 9.64. The Labute approximate surface area is 233 Å². The van der Waals surface area contributed by atoms with Crippen LogP contribution in [0.2, 0.25) is 0 Å². The molecule has 0 radical (unpaired) electrons. The van der Waals surface area contributed by atoms with Crippen LogP contribution in [0.1, 0.15) is 64.4 Å². The number of hydrogen-bond acceptors (Lipinski definition) is 3. The first kappa shape index (κ1) is 31.5. The summed E-state index contributed by atoms with van der Waals surface area (Å²) in [5.74, 6) is -1.17. The van der Waals surface area contributed by atoms with E-state index >= 15 is 0 Å². The van der Waals surface area contributed by atoms with Crippen molar-refractivity contribution in [2.45, 2.75) is 58.0 Å². The normalized spacial score (nSPS) is 12.6. The van der Waals surface area contributed by atoms with Gasteiger partial charge in [-0.1, -0.05) is 24.3 Å². The zero-order valence-electron chi connectivity index (χ0n) is 22.3. The monoisotopic (exact) mass is 581 g/mol. The van der Waals surface area contributed by atoms with Crippen LogP contribution in [-0.2, 0) is 11.0 Å². The molecule has 1 atom stereocenters. The summed E-state index contributed by atoms with van der Waals surface area (Å²) in [6.45, 7) is 3.48. The number of hydrogen-bond donors (Lipinski definition) is 2. The number of carbonyl (C=O) groups excluding carboxylic acids is 1. The molecule has 0 aliphatic rings. The second-order valence-electron chi connectivity index (χ2n) is 9.64.